The molecule has 2 aromatic carbocycles. The first-order valence-electron chi connectivity index (χ1n) is 11.1. The molecule has 0 atom stereocenters. The number of hydrogen-bond donors (Lipinski definition) is 0. The van der Waals surface area contributed by atoms with Crippen molar-refractivity contribution in [2.75, 3.05) is 19.7 Å². The van der Waals surface area contributed by atoms with Crippen molar-refractivity contribution in [3.8, 4) is 5.75 Å². The number of sulfonamides is 2. The molecule has 8 nitrogen and oxygen atoms in total. The summed E-state index contributed by atoms with van der Waals surface area (Å²) in [5, 5.41) is 0. The Balaban J connectivity index is 1.91. The van der Waals surface area contributed by atoms with Gasteiger partial charge in [0.05, 0.1) is 29.2 Å². The average molecular weight is 507 g/mol. The van der Waals surface area contributed by atoms with Crippen LogP contribution in [0.3, 0.4) is 0 Å². The Morgan fingerprint density at radius 3 is 1.76 bits per heavy atom. The fourth-order valence-corrected chi connectivity index (χ4v) is 6.36. The van der Waals surface area contributed by atoms with Gasteiger partial charge >= 0.3 is 0 Å². The molecule has 0 radical (unpaired) electrons. The fourth-order valence-electron chi connectivity index (χ4n) is 3.51. The Hall–Kier alpha value is -2.66. The van der Waals surface area contributed by atoms with Crippen LogP contribution < -0.4 is 4.74 Å². The van der Waals surface area contributed by atoms with Gasteiger partial charge in [0.25, 0.3) is 0 Å². The molecular formula is C24H30N2O6S2. The quantitative estimate of drug-likeness (QED) is 0.367. The molecule has 184 valence electrons. The number of hydrogen-bond acceptors (Lipinski definition) is 6. The number of nitrogens with zero attached hydrogens (tertiary/aromatic N) is 2. The van der Waals surface area contributed by atoms with Crippen LogP contribution in [-0.4, -0.2) is 45.1 Å². The van der Waals surface area contributed by atoms with Crippen molar-refractivity contribution in [2.24, 2.45) is 0 Å². The highest BCUT2D eigenvalue weighted by molar-refractivity contribution is 7.89. The third-order valence-electron chi connectivity index (χ3n) is 5.31. The molecule has 3 rings (SSSR count). The summed E-state index contributed by atoms with van der Waals surface area (Å²) in [6.45, 7) is 6.75. The van der Waals surface area contributed by atoms with Gasteiger partial charge in [-0.25, -0.2) is 16.8 Å². The number of furan rings is 1. The second-order valence-corrected chi connectivity index (χ2v) is 11.4. The summed E-state index contributed by atoms with van der Waals surface area (Å²) in [6, 6.07) is 16.0. The molecule has 0 saturated heterocycles. The van der Waals surface area contributed by atoms with E-state index in [1.54, 1.807) is 38.1 Å². The van der Waals surface area contributed by atoms with E-state index in [0.717, 1.165) is 5.56 Å². The summed E-state index contributed by atoms with van der Waals surface area (Å²) in [7, 11) is -7.64. The molecule has 0 aliphatic rings. The second kappa shape index (κ2) is 11.2. The highest BCUT2D eigenvalue weighted by atomic mass is 32.2. The smallest absolute Gasteiger partial charge is 0.243 e. The van der Waals surface area contributed by atoms with E-state index in [0.29, 0.717) is 31.2 Å². The standard InChI is InChI=1S/C24H30N2O6S2/c1-4-25(5-2)33(27,28)23-13-15-24(16-14-23)34(29,30)26(19-22-8-7-17-32-22)18-20-9-11-21(12-10-20)31-6-3/h7-17H,4-6,18-19H2,1-3H3. The van der Waals surface area contributed by atoms with E-state index in [9.17, 15) is 16.8 Å². The third kappa shape index (κ3) is 5.87. The maximum Gasteiger partial charge on any atom is 0.243 e. The van der Waals surface area contributed by atoms with Crippen LogP contribution in [0.25, 0.3) is 0 Å². The van der Waals surface area contributed by atoms with E-state index in [-0.39, 0.29) is 22.9 Å². The summed E-state index contributed by atoms with van der Waals surface area (Å²) in [5.41, 5.74) is 0.777. The molecule has 0 spiro atoms. The number of ether oxygens (including phenoxy) is 1. The topological polar surface area (TPSA) is 97.1 Å². The third-order valence-corrected chi connectivity index (χ3v) is 9.18. The normalized spacial score (nSPS) is 12.4. The van der Waals surface area contributed by atoms with Gasteiger partial charge in [-0.15, -0.1) is 0 Å². The van der Waals surface area contributed by atoms with Crippen LogP contribution >= 0.6 is 0 Å². The predicted molar refractivity (Wildman–Crippen MR) is 129 cm³/mol. The summed E-state index contributed by atoms with van der Waals surface area (Å²) in [4.78, 5) is 0.0581. The molecule has 3 aromatic rings. The molecule has 10 heteroatoms. The first-order chi connectivity index (χ1) is 16.2. The lowest BCUT2D eigenvalue weighted by molar-refractivity contribution is 0.339. The van der Waals surface area contributed by atoms with Crippen molar-refractivity contribution >= 4 is 20.0 Å². The predicted octanol–water partition coefficient (Wildman–Crippen LogP) is 4.10. The summed E-state index contributed by atoms with van der Waals surface area (Å²) in [6.07, 6.45) is 1.49. The fraction of sp³-hybridized carbons (Fsp3) is 0.333. The van der Waals surface area contributed by atoms with E-state index >= 15 is 0 Å². The Morgan fingerprint density at radius 1 is 0.735 bits per heavy atom. The van der Waals surface area contributed by atoms with Crippen LogP contribution in [0.5, 0.6) is 5.75 Å². The summed E-state index contributed by atoms with van der Waals surface area (Å²) in [5.74, 6) is 1.20. The van der Waals surface area contributed by atoms with Gasteiger partial charge in [0.1, 0.15) is 11.5 Å². The van der Waals surface area contributed by atoms with Crippen molar-refractivity contribution in [1.82, 2.24) is 8.61 Å². The summed E-state index contributed by atoms with van der Waals surface area (Å²) >= 11 is 0. The number of benzene rings is 2. The van der Waals surface area contributed by atoms with Crippen LogP contribution in [-0.2, 0) is 33.1 Å². The van der Waals surface area contributed by atoms with Gasteiger partial charge in [-0.1, -0.05) is 26.0 Å². The van der Waals surface area contributed by atoms with E-state index < -0.39 is 20.0 Å². The Bertz CT molecular complexity index is 1250. The van der Waals surface area contributed by atoms with Gasteiger partial charge in [0.15, 0.2) is 0 Å². The van der Waals surface area contributed by atoms with Gasteiger partial charge in [-0.05, 0) is 61.0 Å². The largest absolute Gasteiger partial charge is 0.494 e. The van der Waals surface area contributed by atoms with Gasteiger partial charge < -0.3 is 9.15 Å². The van der Waals surface area contributed by atoms with Gasteiger partial charge in [-0.2, -0.15) is 8.61 Å². The lowest BCUT2D eigenvalue weighted by Crippen LogP contribution is -2.31. The molecule has 0 aliphatic heterocycles. The van der Waals surface area contributed by atoms with Gasteiger partial charge in [0.2, 0.25) is 20.0 Å². The molecular weight excluding hydrogens is 476 g/mol. The molecule has 1 aromatic heterocycles. The minimum Gasteiger partial charge on any atom is -0.494 e. The highest BCUT2D eigenvalue weighted by Crippen LogP contribution is 2.25. The number of rotatable bonds is 12. The first-order valence-corrected chi connectivity index (χ1v) is 13.9. The monoisotopic (exact) mass is 506 g/mol. The van der Waals surface area contributed by atoms with E-state index in [2.05, 4.69) is 0 Å². The molecule has 0 aliphatic carbocycles. The van der Waals surface area contributed by atoms with Crippen molar-refractivity contribution in [2.45, 2.75) is 43.7 Å². The zero-order chi connectivity index (χ0) is 24.8. The van der Waals surface area contributed by atoms with Crippen molar-refractivity contribution < 1.29 is 26.0 Å². The van der Waals surface area contributed by atoms with Crippen molar-refractivity contribution in [3.63, 3.8) is 0 Å². The van der Waals surface area contributed by atoms with Crippen LogP contribution in [0.1, 0.15) is 32.1 Å². The van der Waals surface area contributed by atoms with Gasteiger partial charge in [0, 0.05) is 19.6 Å². The van der Waals surface area contributed by atoms with E-state index in [1.165, 1.54) is 39.1 Å². The average Bonchev–Trinajstić information content (AvgIpc) is 3.34. The van der Waals surface area contributed by atoms with Crippen LogP contribution in [0.2, 0.25) is 0 Å². The Labute approximate surface area is 201 Å². The van der Waals surface area contributed by atoms with Crippen LogP contribution in [0.4, 0.5) is 0 Å². The van der Waals surface area contributed by atoms with Crippen LogP contribution in [0.15, 0.2) is 81.1 Å². The first kappa shape index (κ1) is 26.0. The lowest BCUT2D eigenvalue weighted by Gasteiger charge is -2.22. The van der Waals surface area contributed by atoms with E-state index in [4.69, 9.17) is 9.15 Å². The minimum atomic E-state index is -3.96. The Kier molecular flexibility index (Phi) is 8.53. The van der Waals surface area contributed by atoms with Crippen LogP contribution in [0, 0.1) is 0 Å². The SMILES string of the molecule is CCOc1ccc(CN(Cc2ccco2)S(=O)(=O)c2ccc(S(=O)(=O)N(CC)CC)cc2)cc1. The van der Waals surface area contributed by atoms with Crippen molar-refractivity contribution in [3.05, 3.63) is 78.3 Å². The second-order valence-electron chi connectivity index (χ2n) is 7.49. The molecule has 0 saturated carbocycles. The molecule has 0 amide bonds. The molecule has 0 N–H and O–H groups in total. The molecule has 1 heterocycles. The molecule has 34 heavy (non-hydrogen) atoms. The zero-order valence-corrected chi connectivity index (χ0v) is 21.2. The molecule has 0 unspecified atom stereocenters. The zero-order valence-electron chi connectivity index (χ0n) is 19.5. The Morgan fingerprint density at radius 2 is 1.29 bits per heavy atom. The molecule has 0 bridgehead atoms. The van der Waals surface area contributed by atoms with E-state index in [1.807, 2.05) is 19.1 Å². The highest BCUT2D eigenvalue weighted by Gasteiger charge is 2.27. The minimum absolute atomic E-state index is 0.00323. The van der Waals surface area contributed by atoms with Gasteiger partial charge in [-0.3, -0.25) is 0 Å². The van der Waals surface area contributed by atoms with Crippen molar-refractivity contribution in [1.29, 1.82) is 0 Å². The maximum absolute atomic E-state index is 13.5. The molecule has 0 fully saturated rings. The lowest BCUT2D eigenvalue weighted by atomic mass is 10.2. The summed E-state index contributed by atoms with van der Waals surface area (Å²) < 4.78 is 66.1. The maximum atomic E-state index is 13.5.